The van der Waals surface area contributed by atoms with Crippen molar-refractivity contribution < 1.29 is 9.84 Å². The van der Waals surface area contributed by atoms with Crippen LogP contribution in [0, 0.1) is 6.92 Å². The molecule has 0 saturated carbocycles. The van der Waals surface area contributed by atoms with Gasteiger partial charge in [0.1, 0.15) is 5.75 Å². The number of aliphatic hydroxyl groups excluding tert-OH is 1. The molecule has 0 radical (unpaired) electrons. The van der Waals surface area contributed by atoms with Crippen LogP contribution in [0.25, 0.3) is 0 Å². The van der Waals surface area contributed by atoms with Gasteiger partial charge in [0.15, 0.2) is 0 Å². The molecular formula is C13H20O2. The van der Waals surface area contributed by atoms with E-state index in [-0.39, 0.29) is 6.61 Å². The van der Waals surface area contributed by atoms with Gasteiger partial charge in [0.2, 0.25) is 0 Å². The summed E-state index contributed by atoms with van der Waals surface area (Å²) in [6, 6.07) is 6.24. The van der Waals surface area contributed by atoms with Gasteiger partial charge in [-0.2, -0.15) is 0 Å². The Kier molecular flexibility index (Phi) is 4.63. The summed E-state index contributed by atoms with van der Waals surface area (Å²) in [5.41, 5.74) is 2.49. The van der Waals surface area contributed by atoms with E-state index in [1.54, 1.807) is 7.11 Å². The van der Waals surface area contributed by atoms with Gasteiger partial charge in [0.05, 0.1) is 7.11 Å². The summed E-state index contributed by atoms with van der Waals surface area (Å²) < 4.78 is 5.34. The van der Waals surface area contributed by atoms with Crippen LogP contribution in [0.2, 0.25) is 0 Å². The Balaban J connectivity index is 2.85. The van der Waals surface area contributed by atoms with E-state index in [0.717, 1.165) is 18.6 Å². The Morgan fingerprint density at radius 1 is 1.40 bits per heavy atom. The molecule has 0 spiro atoms. The van der Waals surface area contributed by atoms with Crippen LogP contribution >= 0.6 is 0 Å². The van der Waals surface area contributed by atoms with Crippen LogP contribution in [0.4, 0.5) is 0 Å². The molecule has 0 fully saturated rings. The van der Waals surface area contributed by atoms with E-state index in [2.05, 4.69) is 26.0 Å². The van der Waals surface area contributed by atoms with Gasteiger partial charge in [-0.25, -0.2) is 0 Å². The predicted molar refractivity (Wildman–Crippen MR) is 62.5 cm³/mol. The quantitative estimate of drug-likeness (QED) is 0.806. The summed E-state index contributed by atoms with van der Waals surface area (Å²) >= 11 is 0. The third kappa shape index (κ3) is 3.24. The highest BCUT2D eigenvalue weighted by Gasteiger charge is 2.10. The first-order valence-corrected chi connectivity index (χ1v) is 5.44. The molecule has 2 nitrogen and oxygen atoms in total. The van der Waals surface area contributed by atoms with Gasteiger partial charge < -0.3 is 9.84 Å². The average Bonchev–Trinajstić information content (AvgIpc) is 2.25. The van der Waals surface area contributed by atoms with E-state index < -0.39 is 0 Å². The summed E-state index contributed by atoms with van der Waals surface area (Å²) in [4.78, 5) is 0. The number of aliphatic hydroxyl groups is 1. The van der Waals surface area contributed by atoms with Crippen molar-refractivity contribution >= 4 is 0 Å². The van der Waals surface area contributed by atoms with Gasteiger partial charge in [-0.3, -0.25) is 0 Å². The minimum absolute atomic E-state index is 0.262. The molecule has 1 atom stereocenters. The molecule has 0 aliphatic heterocycles. The second-order valence-corrected chi connectivity index (χ2v) is 4.01. The molecular weight excluding hydrogens is 188 g/mol. The highest BCUT2D eigenvalue weighted by Crippen LogP contribution is 2.30. The lowest BCUT2D eigenvalue weighted by molar-refractivity contribution is 0.280. The lowest BCUT2D eigenvalue weighted by Crippen LogP contribution is -1.99. The molecule has 2 heteroatoms. The second-order valence-electron chi connectivity index (χ2n) is 4.01. The largest absolute Gasteiger partial charge is 0.496 e. The maximum absolute atomic E-state index is 8.81. The van der Waals surface area contributed by atoms with Crippen LogP contribution in [0.1, 0.15) is 36.8 Å². The fourth-order valence-corrected chi connectivity index (χ4v) is 1.79. The number of aryl methyl sites for hydroxylation is 1. The molecule has 1 aromatic rings. The van der Waals surface area contributed by atoms with Crippen LogP contribution < -0.4 is 4.74 Å². The zero-order valence-electron chi connectivity index (χ0n) is 9.79. The molecule has 0 heterocycles. The maximum atomic E-state index is 8.81. The number of methoxy groups -OCH3 is 1. The van der Waals surface area contributed by atoms with Gasteiger partial charge in [-0.05, 0) is 37.3 Å². The molecule has 1 aromatic carbocycles. The Labute approximate surface area is 91.9 Å². The van der Waals surface area contributed by atoms with E-state index in [9.17, 15) is 0 Å². The molecule has 0 amide bonds. The monoisotopic (exact) mass is 208 g/mol. The smallest absolute Gasteiger partial charge is 0.122 e. The number of benzene rings is 1. The first-order chi connectivity index (χ1) is 7.19. The van der Waals surface area contributed by atoms with Gasteiger partial charge in [-0.1, -0.05) is 24.6 Å². The molecule has 84 valence electrons. The Bertz CT molecular complexity index is 307. The van der Waals surface area contributed by atoms with Crippen LogP contribution in [0.5, 0.6) is 5.75 Å². The minimum Gasteiger partial charge on any atom is -0.496 e. The topological polar surface area (TPSA) is 29.5 Å². The van der Waals surface area contributed by atoms with Crippen LogP contribution in [-0.2, 0) is 0 Å². The predicted octanol–water partition coefficient (Wildman–Crippen LogP) is 2.88. The Morgan fingerprint density at radius 3 is 2.73 bits per heavy atom. The lowest BCUT2D eigenvalue weighted by atomic mass is 9.94. The highest BCUT2D eigenvalue weighted by atomic mass is 16.5. The summed E-state index contributed by atoms with van der Waals surface area (Å²) in [6.07, 6.45) is 1.84. The fourth-order valence-electron chi connectivity index (χ4n) is 1.79. The summed E-state index contributed by atoms with van der Waals surface area (Å²) in [7, 11) is 1.70. The third-order valence-corrected chi connectivity index (χ3v) is 2.71. The van der Waals surface area contributed by atoms with Crippen LogP contribution in [0.3, 0.4) is 0 Å². The van der Waals surface area contributed by atoms with Gasteiger partial charge in [-0.15, -0.1) is 0 Å². The molecule has 15 heavy (non-hydrogen) atoms. The fraction of sp³-hybridized carbons (Fsp3) is 0.538. The van der Waals surface area contributed by atoms with Crippen LogP contribution in [0.15, 0.2) is 18.2 Å². The van der Waals surface area contributed by atoms with Crippen molar-refractivity contribution in [3.8, 4) is 5.75 Å². The van der Waals surface area contributed by atoms with Crippen molar-refractivity contribution in [2.45, 2.75) is 32.6 Å². The van der Waals surface area contributed by atoms with Crippen LogP contribution in [-0.4, -0.2) is 18.8 Å². The molecule has 1 N–H and O–H groups in total. The van der Waals surface area contributed by atoms with E-state index in [1.165, 1.54) is 11.1 Å². The highest BCUT2D eigenvalue weighted by molar-refractivity contribution is 5.39. The first kappa shape index (κ1) is 12.1. The molecule has 0 saturated heterocycles. The summed E-state index contributed by atoms with van der Waals surface area (Å²) in [5, 5.41) is 8.81. The van der Waals surface area contributed by atoms with E-state index >= 15 is 0 Å². The molecule has 0 aromatic heterocycles. The number of ether oxygens (including phenoxy) is 1. The molecule has 0 aliphatic rings. The van der Waals surface area contributed by atoms with Crippen molar-refractivity contribution in [1.82, 2.24) is 0 Å². The van der Waals surface area contributed by atoms with Crippen molar-refractivity contribution in [2.75, 3.05) is 13.7 Å². The maximum Gasteiger partial charge on any atom is 0.122 e. The standard InChI is InChI=1S/C13H20O2/c1-10-6-7-13(15-3)12(9-10)11(2)5-4-8-14/h6-7,9,11,14H,4-5,8H2,1-3H3/t11-/m1/s1. The van der Waals surface area contributed by atoms with E-state index in [4.69, 9.17) is 9.84 Å². The lowest BCUT2D eigenvalue weighted by Gasteiger charge is -2.15. The molecule has 0 unspecified atom stereocenters. The second kappa shape index (κ2) is 5.76. The van der Waals surface area contributed by atoms with E-state index in [1.807, 2.05) is 6.07 Å². The molecule has 0 bridgehead atoms. The minimum atomic E-state index is 0.262. The molecule has 0 aliphatic carbocycles. The summed E-state index contributed by atoms with van der Waals surface area (Å²) in [6.45, 7) is 4.52. The van der Waals surface area contributed by atoms with Crippen molar-refractivity contribution in [1.29, 1.82) is 0 Å². The van der Waals surface area contributed by atoms with Crippen molar-refractivity contribution in [3.63, 3.8) is 0 Å². The number of hydrogen-bond acceptors (Lipinski definition) is 2. The van der Waals surface area contributed by atoms with Crippen molar-refractivity contribution in [3.05, 3.63) is 29.3 Å². The third-order valence-electron chi connectivity index (χ3n) is 2.71. The zero-order chi connectivity index (χ0) is 11.3. The average molecular weight is 208 g/mol. The normalized spacial score (nSPS) is 12.5. The Hall–Kier alpha value is -1.02. The molecule has 1 rings (SSSR count). The van der Waals surface area contributed by atoms with Gasteiger partial charge >= 0.3 is 0 Å². The van der Waals surface area contributed by atoms with Gasteiger partial charge in [0, 0.05) is 6.61 Å². The van der Waals surface area contributed by atoms with Crippen molar-refractivity contribution in [2.24, 2.45) is 0 Å². The SMILES string of the molecule is COc1ccc(C)cc1[C@H](C)CCCO. The Morgan fingerprint density at radius 2 is 2.13 bits per heavy atom. The zero-order valence-corrected chi connectivity index (χ0v) is 9.79. The number of hydrogen-bond donors (Lipinski definition) is 1. The van der Waals surface area contributed by atoms with E-state index in [0.29, 0.717) is 5.92 Å². The number of rotatable bonds is 5. The van der Waals surface area contributed by atoms with Gasteiger partial charge in [0.25, 0.3) is 0 Å². The first-order valence-electron chi connectivity index (χ1n) is 5.44. The summed E-state index contributed by atoms with van der Waals surface area (Å²) in [5.74, 6) is 1.39.